The quantitative estimate of drug-likeness (QED) is 0.757. The van der Waals surface area contributed by atoms with Crippen molar-refractivity contribution in [2.45, 2.75) is 19.8 Å². The van der Waals surface area contributed by atoms with Crippen LogP contribution in [0, 0.1) is 0 Å². The van der Waals surface area contributed by atoms with Gasteiger partial charge in [-0.15, -0.1) is 0 Å². The van der Waals surface area contributed by atoms with Crippen molar-refractivity contribution >= 4 is 17.5 Å². The van der Waals surface area contributed by atoms with Crippen LogP contribution in [0.5, 0.6) is 5.75 Å². The molecule has 1 amide bonds. The summed E-state index contributed by atoms with van der Waals surface area (Å²) in [4.78, 5) is 25.5. The second-order valence-corrected chi connectivity index (χ2v) is 6.73. The first-order chi connectivity index (χ1) is 13.2. The third-order valence-electron chi connectivity index (χ3n) is 4.60. The summed E-state index contributed by atoms with van der Waals surface area (Å²) in [7, 11) is 2.11. The zero-order valence-corrected chi connectivity index (χ0v) is 16.0. The maximum absolute atomic E-state index is 12.5. The van der Waals surface area contributed by atoms with Gasteiger partial charge >= 0.3 is 0 Å². The van der Waals surface area contributed by atoms with Crippen LogP contribution < -0.4 is 15.0 Å². The molecule has 0 saturated carbocycles. The Balaban J connectivity index is 1.59. The normalized spacial score (nSPS) is 14.8. The topological polar surface area (TPSA) is 70.6 Å². The molecular weight excluding hydrogens is 342 g/mol. The number of amides is 1. The SMILES string of the molecule is CCCCOc1ccc(C(=O)Nc2cc(N3CCN(C)CC3)ncn2)cc1. The van der Waals surface area contributed by atoms with E-state index in [1.165, 1.54) is 6.33 Å². The molecule has 1 fully saturated rings. The van der Waals surface area contributed by atoms with E-state index in [4.69, 9.17) is 4.74 Å². The molecule has 0 atom stereocenters. The number of carbonyl (C=O) groups excluding carboxylic acids is 1. The summed E-state index contributed by atoms with van der Waals surface area (Å²) >= 11 is 0. The molecule has 2 aromatic rings. The van der Waals surface area contributed by atoms with Crippen LogP contribution in [0.1, 0.15) is 30.1 Å². The number of rotatable bonds is 7. The van der Waals surface area contributed by atoms with Crippen molar-refractivity contribution in [3.05, 3.63) is 42.2 Å². The van der Waals surface area contributed by atoms with Crippen LogP contribution >= 0.6 is 0 Å². The molecule has 1 aromatic carbocycles. The fourth-order valence-corrected chi connectivity index (χ4v) is 2.85. The van der Waals surface area contributed by atoms with Crippen molar-refractivity contribution in [1.29, 1.82) is 0 Å². The highest BCUT2D eigenvalue weighted by molar-refractivity contribution is 6.03. The molecule has 7 nitrogen and oxygen atoms in total. The highest BCUT2D eigenvalue weighted by atomic mass is 16.5. The average molecular weight is 369 g/mol. The number of nitrogens with zero attached hydrogens (tertiary/aromatic N) is 4. The van der Waals surface area contributed by atoms with Crippen molar-refractivity contribution in [3.63, 3.8) is 0 Å². The number of ether oxygens (including phenoxy) is 1. The summed E-state index contributed by atoms with van der Waals surface area (Å²) < 4.78 is 5.63. The summed E-state index contributed by atoms with van der Waals surface area (Å²) in [5.41, 5.74) is 0.567. The maximum atomic E-state index is 12.5. The van der Waals surface area contributed by atoms with Crippen LogP contribution in [0.25, 0.3) is 0 Å². The second-order valence-electron chi connectivity index (χ2n) is 6.73. The van der Waals surface area contributed by atoms with Gasteiger partial charge in [0.1, 0.15) is 23.7 Å². The molecule has 1 aliphatic heterocycles. The first-order valence-electron chi connectivity index (χ1n) is 9.45. The largest absolute Gasteiger partial charge is 0.494 e. The number of aromatic nitrogens is 2. The lowest BCUT2D eigenvalue weighted by Crippen LogP contribution is -2.44. The third-order valence-corrected chi connectivity index (χ3v) is 4.60. The van der Waals surface area contributed by atoms with Gasteiger partial charge < -0.3 is 19.9 Å². The lowest BCUT2D eigenvalue weighted by atomic mass is 10.2. The standard InChI is InChI=1S/C20H27N5O2/c1-3-4-13-27-17-7-5-16(6-8-17)20(26)23-18-14-19(22-15-21-18)25-11-9-24(2)10-12-25/h5-8,14-15H,3-4,9-13H2,1-2H3,(H,21,22,23,26). The van der Waals surface area contributed by atoms with E-state index in [0.717, 1.165) is 50.6 Å². The maximum Gasteiger partial charge on any atom is 0.256 e. The van der Waals surface area contributed by atoms with Gasteiger partial charge in [-0.25, -0.2) is 9.97 Å². The van der Waals surface area contributed by atoms with E-state index in [-0.39, 0.29) is 5.91 Å². The smallest absolute Gasteiger partial charge is 0.256 e. The fraction of sp³-hybridized carbons (Fsp3) is 0.450. The number of nitrogens with one attached hydrogen (secondary N) is 1. The molecular formula is C20H27N5O2. The molecule has 0 unspecified atom stereocenters. The molecule has 1 aromatic heterocycles. The van der Waals surface area contributed by atoms with E-state index in [2.05, 4.69) is 39.1 Å². The highest BCUT2D eigenvalue weighted by Gasteiger charge is 2.16. The molecule has 27 heavy (non-hydrogen) atoms. The van der Waals surface area contributed by atoms with Crippen LogP contribution in [-0.2, 0) is 0 Å². The van der Waals surface area contributed by atoms with Crippen molar-refractivity contribution in [2.75, 3.05) is 50.1 Å². The number of hydrogen-bond acceptors (Lipinski definition) is 6. The number of unbranched alkanes of at least 4 members (excludes halogenated alkanes) is 1. The van der Waals surface area contributed by atoms with Crippen LogP contribution in [0.2, 0.25) is 0 Å². The Bertz CT molecular complexity index is 742. The van der Waals surface area contributed by atoms with Crippen LogP contribution in [0.3, 0.4) is 0 Å². The van der Waals surface area contributed by atoms with Crippen LogP contribution in [0.4, 0.5) is 11.6 Å². The Morgan fingerprint density at radius 3 is 2.59 bits per heavy atom. The van der Waals surface area contributed by atoms with Crippen LogP contribution in [0.15, 0.2) is 36.7 Å². The number of anilines is 2. The number of carbonyl (C=O) groups is 1. The minimum Gasteiger partial charge on any atom is -0.494 e. The Labute approximate surface area is 160 Å². The Hall–Kier alpha value is -2.67. The Morgan fingerprint density at radius 2 is 1.89 bits per heavy atom. The van der Waals surface area contributed by atoms with Crippen molar-refractivity contribution in [3.8, 4) is 5.75 Å². The number of hydrogen-bond donors (Lipinski definition) is 1. The van der Waals surface area contributed by atoms with Gasteiger partial charge in [0.05, 0.1) is 6.61 Å². The molecule has 144 valence electrons. The molecule has 1 saturated heterocycles. The van der Waals surface area contributed by atoms with Gasteiger partial charge in [0, 0.05) is 37.8 Å². The lowest BCUT2D eigenvalue weighted by molar-refractivity contribution is 0.102. The molecule has 0 bridgehead atoms. The van der Waals surface area contributed by atoms with E-state index in [1.54, 1.807) is 12.1 Å². The zero-order chi connectivity index (χ0) is 19.1. The van der Waals surface area contributed by atoms with Crippen molar-refractivity contribution in [2.24, 2.45) is 0 Å². The van der Waals surface area contributed by atoms with Gasteiger partial charge in [-0.1, -0.05) is 13.3 Å². The van der Waals surface area contributed by atoms with E-state index in [0.29, 0.717) is 18.0 Å². The van der Waals surface area contributed by atoms with Gasteiger partial charge in [-0.05, 0) is 37.7 Å². The van der Waals surface area contributed by atoms with Crippen molar-refractivity contribution in [1.82, 2.24) is 14.9 Å². The minimum atomic E-state index is -0.196. The van der Waals surface area contributed by atoms with Gasteiger partial charge in [0.15, 0.2) is 0 Å². The molecule has 1 N–H and O–H groups in total. The predicted molar refractivity (Wildman–Crippen MR) is 107 cm³/mol. The van der Waals surface area contributed by atoms with Gasteiger partial charge in [0.2, 0.25) is 0 Å². The second kappa shape index (κ2) is 9.32. The van der Waals surface area contributed by atoms with Crippen molar-refractivity contribution < 1.29 is 9.53 Å². The zero-order valence-electron chi connectivity index (χ0n) is 16.0. The summed E-state index contributed by atoms with van der Waals surface area (Å²) in [6.07, 6.45) is 3.61. The van der Waals surface area contributed by atoms with E-state index in [9.17, 15) is 4.79 Å². The lowest BCUT2D eigenvalue weighted by Gasteiger charge is -2.33. The van der Waals surface area contributed by atoms with Crippen LogP contribution in [-0.4, -0.2) is 60.6 Å². The number of benzene rings is 1. The van der Waals surface area contributed by atoms with Gasteiger partial charge in [-0.3, -0.25) is 4.79 Å². The molecule has 0 spiro atoms. The third kappa shape index (κ3) is 5.40. The molecule has 0 radical (unpaired) electrons. The molecule has 0 aliphatic carbocycles. The average Bonchev–Trinajstić information content (AvgIpc) is 2.69. The predicted octanol–water partition coefficient (Wildman–Crippen LogP) is 2.66. The minimum absolute atomic E-state index is 0.196. The summed E-state index contributed by atoms with van der Waals surface area (Å²) in [6, 6.07) is 8.99. The first-order valence-corrected chi connectivity index (χ1v) is 9.45. The molecule has 2 heterocycles. The Morgan fingerprint density at radius 1 is 1.15 bits per heavy atom. The Kier molecular flexibility index (Phi) is 6.59. The first kappa shape index (κ1) is 19.1. The van der Waals surface area contributed by atoms with Gasteiger partial charge in [0.25, 0.3) is 5.91 Å². The molecule has 3 rings (SSSR count). The van der Waals surface area contributed by atoms with E-state index in [1.807, 2.05) is 18.2 Å². The number of likely N-dealkylation sites (N-methyl/N-ethyl adjacent to an activating group) is 1. The molecule has 7 heteroatoms. The fourth-order valence-electron chi connectivity index (χ4n) is 2.85. The monoisotopic (exact) mass is 369 g/mol. The van der Waals surface area contributed by atoms with E-state index >= 15 is 0 Å². The number of piperazine rings is 1. The molecule has 1 aliphatic rings. The highest BCUT2D eigenvalue weighted by Crippen LogP contribution is 2.17. The summed E-state index contributed by atoms with van der Waals surface area (Å²) in [5.74, 6) is 1.93. The van der Waals surface area contributed by atoms with E-state index < -0.39 is 0 Å². The summed E-state index contributed by atoms with van der Waals surface area (Å²) in [5, 5.41) is 2.85. The summed E-state index contributed by atoms with van der Waals surface area (Å²) in [6.45, 7) is 6.65. The van der Waals surface area contributed by atoms with Gasteiger partial charge in [-0.2, -0.15) is 0 Å².